The maximum atomic E-state index is 11.2. The van der Waals surface area contributed by atoms with Crippen molar-refractivity contribution in [1.82, 2.24) is 4.98 Å². The second-order valence-electron chi connectivity index (χ2n) is 3.18. The van der Waals surface area contributed by atoms with Gasteiger partial charge in [-0.15, -0.1) is 11.8 Å². The summed E-state index contributed by atoms with van der Waals surface area (Å²) >= 11 is 8.28. The van der Waals surface area contributed by atoms with Gasteiger partial charge in [0.2, 0.25) is 0 Å². The average molecular weight is 369 g/mol. The van der Waals surface area contributed by atoms with Crippen LogP contribution in [0.25, 0.3) is 0 Å². The first-order valence-electron chi connectivity index (χ1n) is 4.56. The van der Waals surface area contributed by atoms with E-state index in [1.165, 1.54) is 18.9 Å². The number of carbonyl (C=O) groups excluding carboxylic acids is 1. The molecule has 0 N–H and O–H groups in total. The number of hydrogen-bond donors (Lipinski definition) is 0. The van der Waals surface area contributed by atoms with Gasteiger partial charge in [0.1, 0.15) is 5.03 Å². The summed E-state index contributed by atoms with van der Waals surface area (Å²) in [5.74, 6) is 0.327. The summed E-state index contributed by atoms with van der Waals surface area (Å²) in [5.41, 5.74) is 0. The van der Waals surface area contributed by atoms with Crippen LogP contribution in [0.3, 0.4) is 0 Å². The van der Waals surface area contributed by atoms with E-state index in [9.17, 15) is 4.79 Å². The Hall–Kier alpha value is -0.0700. The van der Waals surface area contributed by atoms with Crippen molar-refractivity contribution in [2.45, 2.75) is 11.9 Å². The second-order valence-corrected chi connectivity index (χ2v) is 5.95. The predicted octanol–water partition coefficient (Wildman–Crippen LogP) is 3.51. The lowest BCUT2D eigenvalue weighted by Crippen LogP contribution is -2.14. The summed E-state index contributed by atoms with van der Waals surface area (Å²) in [6.07, 6.45) is 1.73. The monoisotopic (exact) mass is 367 g/mol. The van der Waals surface area contributed by atoms with Gasteiger partial charge in [0.15, 0.2) is 0 Å². The third-order valence-corrected chi connectivity index (χ3v) is 4.41. The van der Waals surface area contributed by atoms with Gasteiger partial charge in [-0.05, 0) is 37.9 Å². The lowest BCUT2D eigenvalue weighted by molar-refractivity contribution is -0.143. The highest BCUT2D eigenvalue weighted by atomic mass is 79.9. The van der Waals surface area contributed by atoms with Gasteiger partial charge in [-0.2, -0.15) is 0 Å². The molecule has 0 bridgehead atoms. The van der Waals surface area contributed by atoms with Crippen molar-refractivity contribution in [3.05, 3.63) is 21.2 Å². The third-order valence-electron chi connectivity index (χ3n) is 1.85. The highest BCUT2D eigenvalue weighted by Crippen LogP contribution is 2.28. The third kappa shape index (κ3) is 4.07. The minimum Gasteiger partial charge on any atom is -0.469 e. The van der Waals surface area contributed by atoms with E-state index >= 15 is 0 Å². The zero-order valence-corrected chi connectivity index (χ0v) is 12.9. The number of ether oxygens (including phenoxy) is 1. The molecule has 0 radical (unpaired) electrons. The minimum absolute atomic E-state index is 0.132. The number of rotatable bonds is 4. The molecule has 1 rings (SSSR count). The molecule has 1 unspecified atom stereocenters. The van der Waals surface area contributed by atoms with Gasteiger partial charge in [-0.1, -0.05) is 6.92 Å². The Labute approximate surface area is 116 Å². The van der Waals surface area contributed by atoms with Crippen LogP contribution < -0.4 is 0 Å². The summed E-state index contributed by atoms with van der Waals surface area (Å²) in [5, 5.41) is 0.874. The molecule has 6 heteroatoms. The highest BCUT2D eigenvalue weighted by molar-refractivity contribution is 9.11. The molecule has 88 valence electrons. The quantitative estimate of drug-likeness (QED) is 0.602. The Kier molecular flexibility index (Phi) is 5.78. The Morgan fingerprint density at radius 3 is 2.88 bits per heavy atom. The van der Waals surface area contributed by atoms with Crippen molar-refractivity contribution in [3.8, 4) is 0 Å². The Morgan fingerprint density at radius 2 is 2.31 bits per heavy atom. The molecule has 0 amide bonds. The number of aromatic nitrogens is 1. The molecule has 0 aromatic carbocycles. The topological polar surface area (TPSA) is 39.2 Å². The first-order chi connectivity index (χ1) is 7.54. The number of hydrogen-bond acceptors (Lipinski definition) is 4. The minimum atomic E-state index is -0.194. The normalized spacial score (nSPS) is 12.2. The van der Waals surface area contributed by atoms with Crippen LogP contribution in [0.1, 0.15) is 6.92 Å². The van der Waals surface area contributed by atoms with Crippen LogP contribution >= 0.6 is 43.6 Å². The van der Waals surface area contributed by atoms with Crippen LogP contribution in [0.2, 0.25) is 0 Å². The average Bonchev–Trinajstić information content (AvgIpc) is 2.26. The maximum Gasteiger partial charge on any atom is 0.309 e. The van der Waals surface area contributed by atoms with E-state index < -0.39 is 0 Å². The van der Waals surface area contributed by atoms with Crippen molar-refractivity contribution in [2.24, 2.45) is 5.92 Å². The number of halogens is 2. The fourth-order valence-electron chi connectivity index (χ4n) is 0.981. The molecule has 3 nitrogen and oxygen atoms in total. The molecule has 1 heterocycles. The first-order valence-corrected chi connectivity index (χ1v) is 7.13. The summed E-state index contributed by atoms with van der Waals surface area (Å²) in [4.78, 5) is 15.4. The molecular formula is C10H11Br2NO2S. The van der Waals surface area contributed by atoms with Gasteiger partial charge in [-0.3, -0.25) is 4.79 Å². The molecule has 0 aliphatic carbocycles. The number of methoxy groups -OCH3 is 1. The zero-order valence-electron chi connectivity index (χ0n) is 8.87. The lowest BCUT2D eigenvalue weighted by Gasteiger charge is -2.08. The van der Waals surface area contributed by atoms with E-state index in [0.29, 0.717) is 5.75 Å². The summed E-state index contributed by atoms with van der Waals surface area (Å²) in [6.45, 7) is 1.84. The number of esters is 1. The molecule has 0 aliphatic heterocycles. The number of carbonyl (C=O) groups is 1. The molecule has 0 aliphatic rings. The summed E-state index contributed by atoms with van der Waals surface area (Å²) in [7, 11) is 1.40. The SMILES string of the molecule is COC(=O)C(C)CSc1ncc(Br)cc1Br. The van der Waals surface area contributed by atoms with Crippen LogP contribution in [-0.2, 0) is 9.53 Å². The summed E-state index contributed by atoms with van der Waals surface area (Å²) in [6, 6.07) is 1.93. The summed E-state index contributed by atoms with van der Waals surface area (Å²) < 4.78 is 6.50. The van der Waals surface area contributed by atoms with Crippen molar-refractivity contribution in [1.29, 1.82) is 0 Å². The van der Waals surface area contributed by atoms with Gasteiger partial charge in [0.05, 0.1) is 17.5 Å². The highest BCUT2D eigenvalue weighted by Gasteiger charge is 2.14. The van der Waals surface area contributed by atoms with Crippen LogP contribution in [0.5, 0.6) is 0 Å². The fourth-order valence-corrected chi connectivity index (χ4v) is 3.18. The van der Waals surface area contributed by atoms with Crippen LogP contribution in [0.4, 0.5) is 0 Å². The molecule has 1 aromatic rings. The lowest BCUT2D eigenvalue weighted by atomic mass is 10.2. The van der Waals surface area contributed by atoms with Crippen molar-refractivity contribution in [2.75, 3.05) is 12.9 Å². The van der Waals surface area contributed by atoms with Crippen LogP contribution in [0.15, 0.2) is 26.2 Å². The maximum absolute atomic E-state index is 11.2. The van der Waals surface area contributed by atoms with E-state index in [2.05, 4.69) is 41.6 Å². The van der Waals surface area contributed by atoms with E-state index in [4.69, 9.17) is 0 Å². The van der Waals surface area contributed by atoms with Gasteiger partial charge in [0.25, 0.3) is 0 Å². The van der Waals surface area contributed by atoms with E-state index in [1.807, 2.05) is 13.0 Å². The molecular weight excluding hydrogens is 358 g/mol. The molecule has 16 heavy (non-hydrogen) atoms. The second kappa shape index (κ2) is 6.61. The molecule has 0 saturated heterocycles. The number of pyridine rings is 1. The van der Waals surface area contributed by atoms with Crippen molar-refractivity contribution >= 4 is 49.6 Å². The van der Waals surface area contributed by atoms with Gasteiger partial charge in [0, 0.05) is 16.4 Å². The zero-order chi connectivity index (χ0) is 12.1. The van der Waals surface area contributed by atoms with Gasteiger partial charge in [-0.25, -0.2) is 4.98 Å². The number of nitrogens with zero attached hydrogens (tertiary/aromatic N) is 1. The standard InChI is InChI=1S/C10H11Br2NO2S/c1-6(10(14)15-2)5-16-9-8(12)3-7(11)4-13-9/h3-4,6H,5H2,1-2H3. The fraction of sp³-hybridized carbons (Fsp3) is 0.400. The number of thioether (sulfide) groups is 1. The largest absolute Gasteiger partial charge is 0.469 e. The molecule has 1 atom stereocenters. The molecule has 1 aromatic heterocycles. The Balaban J connectivity index is 2.58. The van der Waals surface area contributed by atoms with Crippen molar-refractivity contribution < 1.29 is 9.53 Å². The van der Waals surface area contributed by atoms with Crippen LogP contribution in [0, 0.1) is 5.92 Å². The first kappa shape index (κ1) is 14.0. The molecule has 0 fully saturated rings. The smallest absolute Gasteiger partial charge is 0.309 e. The Bertz CT molecular complexity index is 387. The van der Waals surface area contributed by atoms with Crippen molar-refractivity contribution in [3.63, 3.8) is 0 Å². The Morgan fingerprint density at radius 1 is 1.62 bits per heavy atom. The predicted molar refractivity (Wildman–Crippen MR) is 71.5 cm³/mol. The van der Waals surface area contributed by atoms with E-state index in [-0.39, 0.29) is 11.9 Å². The van der Waals surface area contributed by atoms with E-state index in [1.54, 1.807) is 6.20 Å². The van der Waals surface area contributed by atoms with Crippen LogP contribution in [-0.4, -0.2) is 23.8 Å². The van der Waals surface area contributed by atoms with Gasteiger partial charge < -0.3 is 4.74 Å². The molecule has 0 saturated carbocycles. The molecule has 0 spiro atoms. The van der Waals surface area contributed by atoms with Gasteiger partial charge >= 0.3 is 5.97 Å². The van der Waals surface area contributed by atoms with E-state index in [0.717, 1.165) is 14.0 Å².